The fraction of sp³-hybridized carbons (Fsp3) is 0.333. The number of nitrogens with one attached hydrogen (secondary N) is 1. The molecule has 18 heavy (non-hydrogen) atoms. The number of ether oxygens (including phenoxy) is 2. The Morgan fingerprint density at radius 3 is 2.56 bits per heavy atom. The van der Waals surface area contributed by atoms with Crippen molar-refractivity contribution in [3.63, 3.8) is 0 Å². The van der Waals surface area contributed by atoms with E-state index in [1.54, 1.807) is 0 Å². The van der Waals surface area contributed by atoms with Crippen LogP contribution in [0.5, 0.6) is 5.75 Å². The van der Waals surface area contributed by atoms with Gasteiger partial charge in [0.2, 0.25) is 5.56 Å². The number of methoxy groups -OCH3 is 1. The zero-order valence-electron chi connectivity index (χ0n) is 9.13. The van der Waals surface area contributed by atoms with Gasteiger partial charge in [-0.25, -0.2) is 4.79 Å². The Labute approximate surface area is 98.5 Å². The Hall–Kier alpha value is -2.03. The van der Waals surface area contributed by atoms with Crippen LogP contribution in [0.15, 0.2) is 10.9 Å². The molecule has 3 N–H and O–H groups in total. The van der Waals surface area contributed by atoms with Gasteiger partial charge in [0.25, 0.3) is 0 Å². The zero-order chi connectivity index (χ0) is 13.9. The summed E-state index contributed by atoms with van der Waals surface area (Å²) >= 11 is 0. The molecule has 1 aromatic heterocycles. The number of carbonyl (C=O) groups is 1. The van der Waals surface area contributed by atoms with Crippen molar-refractivity contribution < 1.29 is 27.4 Å². The second-order valence-corrected chi connectivity index (χ2v) is 3.11. The van der Waals surface area contributed by atoms with Crippen LogP contribution >= 0.6 is 0 Å². The minimum atomic E-state index is -5.02. The summed E-state index contributed by atoms with van der Waals surface area (Å²) in [6, 6.07) is 0.813. The van der Waals surface area contributed by atoms with Crippen molar-refractivity contribution in [2.45, 2.75) is 12.9 Å². The van der Waals surface area contributed by atoms with Crippen molar-refractivity contribution in [2.24, 2.45) is 5.73 Å². The molecule has 0 aromatic carbocycles. The number of aromatic amines is 1. The van der Waals surface area contributed by atoms with Crippen LogP contribution in [0.2, 0.25) is 0 Å². The summed E-state index contributed by atoms with van der Waals surface area (Å²) in [4.78, 5) is 24.3. The van der Waals surface area contributed by atoms with E-state index in [1.165, 1.54) is 0 Å². The van der Waals surface area contributed by atoms with E-state index in [4.69, 9.17) is 5.73 Å². The van der Waals surface area contributed by atoms with Gasteiger partial charge in [-0.3, -0.25) is 4.79 Å². The van der Waals surface area contributed by atoms with Crippen LogP contribution < -0.4 is 16.0 Å². The highest BCUT2D eigenvalue weighted by Gasteiger charge is 2.35. The number of alkyl halides is 3. The van der Waals surface area contributed by atoms with Crippen molar-refractivity contribution in [2.75, 3.05) is 7.11 Å². The SMILES string of the molecule is COC(=O)c1[nH]c(=O)cc(CN)c1OC(F)(F)F. The zero-order valence-corrected chi connectivity index (χ0v) is 9.13. The van der Waals surface area contributed by atoms with Gasteiger partial charge in [0.1, 0.15) is 0 Å². The van der Waals surface area contributed by atoms with E-state index in [0.29, 0.717) is 0 Å². The van der Waals surface area contributed by atoms with Gasteiger partial charge in [-0.15, -0.1) is 13.2 Å². The number of aromatic nitrogens is 1. The molecule has 9 heteroatoms. The van der Waals surface area contributed by atoms with Crippen LogP contribution in [0.1, 0.15) is 16.1 Å². The van der Waals surface area contributed by atoms with Crippen molar-refractivity contribution in [3.05, 3.63) is 27.7 Å². The monoisotopic (exact) mass is 266 g/mol. The Bertz CT molecular complexity index is 510. The molecule has 0 aliphatic carbocycles. The molecular formula is C9H9F3N2O4. The van der Waals surface area contributed by atoms with Gasteiger partial charge in [-0.05, 0) is 0 Å². The maximum Gasteiger partial charge on any atom is 0.573 e. The standard InChI is InChI=1S/C9H9F3N2O4/c1-17-8(16)6-7(18-9(10,11)12)4(3-13)2-5(15)14-6/h2H,3,13H2,1H3,(H,14,15). The Kier molecular flexibility index (Phi) is 3.96. The summed E-state index contributed by atoms with van der Waals surface area (Å²) in [7, 11) is 0.952. The molecule has 0 aliphatic heterocycles. The smallest absolute Gasteiger partial charge is 0.464 e. The number of esters is 1. The average molecular weight is 266 g/mol. The average Bonchev–Trinajstić information content (AvgIpc) is 2.28. The lowest BCUT2D eigenvalue weighted by Gasteiger charge is -2.14. The van der Waals surface area contributed by atoms with Gasteiger partial charge in [-0.2, -0.15) is 0 Å². The van der Waals surface area contributed by atoms with E-state index in [-0.39, 0.29) is 5.56 Å². The second kappa shape index (κ2) is 5.08. The van der Waals surface area contributed by atoms with E-state index in [2.05, 4.69) is 9.47 Å². The predicted octanol–water partition coefficient (Wildman–Crippen LogP) is 0.519. The Morgan fingerprint density at radius 1 is 1.50 bits per heavy atom. The van der Waals surface area contributed by atoms with Gasteiger partial charge >= 0.3 is 12.3 Å². The molecule has 0 unspecified atom stereocenters. The topological polar surface area (TPSA) is 94.4 Å². The highest BCUT2D eigenvalue weighted by molar-refractivity contribution is 5.90. The number of hydrogen-bond acceptors (Lipinski definition) is 5. The molecule has 0 atom stereocenters. The maximum atomic E-state index is 12.2. The van der Waals surface area contributed by atoms with Crippen LogP contribution in [-0.4, -0.2) is 24.4 Å². The third-order valence-electron chi connectivity index (χ3n) is 1.90. The molecule has 1 heterocycles. The lowest BCUT2D eigenvalue weighted by molar-refractivity contribution is -0.275. The summed E-state index contributed by atoms with van der Waals surface area (Å²) < 4.78 is 44.5. The van der Waals surface area contributed by atoms with E-state index in [9.17, 15) is 22.8 Å². The number of rotatable bonds is 3. The van der Waals surface area contributed by atoms with Crippen molar-refractivity contribution >= 4 is 5.97 Å². The summed E-state index contributed by atoms with van der Waals surface area (Å²) in [5.41, 5.74) is 3.42. The maximum absolute atomic E-state index is 12.2. The number of halogens is 3. The fourth-order valence-electron chi connectivity index (χ4n) is 1.23. The molecule has 0 fully saturated rings. The molecule has 0 aliphatic rings. The van der Waals surface area contributed by atoms with Gasteiger partial charge in [0, 0.05) is 18.2 Å². The molecule has 1 rings (SSSR count). The molecule has 100 valence electrons. The third-order valence-corrected chi connectivity index (χ3v) is 1.90. The van der Waals surface area contributed by atoms with Crippen molar-refractivity contribution in [1.29, 1.82) is 0 Å². The Balaban J connectivity index is 3.42. The molecule has 0 spiro atoms. The largest absolute Gasteiger partial charge is 0.573 e. The highest BCUT2D eigenvalue weighted by Crippen LogP contribution is 2.28. The van der Waals surface area contributed by atoms with Crippen LogP contribution in [0.3, 0.4) is 0 Å². The van der Waals surface area contributed by atoms with Crippen LogP contribution in [-0.2, 0) is 11.3 Å². The van der Waals surface area contributed by atoms with Crippen molar-refractivity contribution in [3.8, 4) is 5.75 Å². The molecule has 0 bridgehead atoms. The molecule has 1 aromatic rings. The fourth-order valence-corrected chi connectivity index (χ4v) is 1.23. The first-order chi connectivity index (χ1) is 8.28. The summed E-state index contributed by atoms with van der Waals surface area (Å²) in [5, 5.41) is 0. The van der Waals surface area contributed by atoms with Gasteiger partial charge < -0.3 is 20.2 Å². The predicted molar refractivity (Wildman–Crippen MR) is 53.0 cm³/mol. The number of carbonyl (C=O) groups excluding carboxylic acids is 1. The molecule has 0 saturated carbocycles. The quantitative estimate of drug-likeness (QED) is 0.778. The first kappa shape index (κ1) is 14.0. The number of pyridine rings is 1. The normalized spacial score (nSPS) is 11.2. The number of hydrogen-bond donors (Lipinski definition) is 2. The van der Waals surface area contributed by atoms with Gasteiger partial charge in [0.15, 0.2) is 11.4 Å². The lowest BCUT2D eigenvalue weighted by Crippen LogP contribution is -2.24. The van der Waals surface area contributed by atoms with E-state index in [1.807, 2.05) is 4.98 Å². The minimum absolute atomic E-state index is 0.253. The molecule has 0 saturated heterocycles. The first-order valence-electron chi connectivity index (χ1n) is 4.58. The number of nitrogens with two attached hydrogens (primary N) is 1. The third kappa shape index (κ3) is 3.23. The minimum Gasteiger partial charge on any atom is -0.464 e. The summed E-state index contributed by atoms with van der Waals surface area (Å²) in [6.45, 7) is -0.403. The lowest BCUT2D eigenvalue weighted by atomic mass is 10.2. The first-order valence-corrected chi connectivity index (χ1v) is 4.58. The van der Waals surface area contributed by atoms with Crippen molar-refractivity contribution in [1.82, 2.24) is 4.98 Å². The number of H-pyrrole nitrogens is 1. The molecular weight excluding hydrogens is 257 g/mol. The van der Waals surface area contributed by atoms with Crippen LogP contribution in [0.4, 0.5) is 13.2 Å². The van der Waals surface area contributed by atoms with E-state index < -0.39 is 35.9 Å². The molecule has 6 nitrogen and oxygen atoms in total. The Morgan fingerprint density at radius 2 is 2.11 bits per heavy atom. The van der Waals surface area contributed by atoms with Crippen LogP contribution in [0.25, 0.3) is 0 Å². The molecule has 0 radical (unpaired) electrons. The summed E-state index contributed by atoms with van der Waals surface area (Å²) in [6.07, 6.45) is -5.02. The second-order valence-electron chi connectivity index (χ2n) is 3.11. The summed E-state index contributed by atoms with van der Waals surface area (Å²) in [5.74, 6) is -2.03. The van der Waals surface area contributed by atoms with Gasteiger partial charge in [0.05, 0.1) is 7.11 Å². The van der Waals surface area contributed by atoms with Gasteiger partial charge in [-0.1, -0.05) is 0 Å². The van der Waals surface area contributed by atoms with E-state index in [0.717, 1.165) is 13.2 Å². The van der Waals surface area contributed by atoms with E-state index >= 15 is 0 Å². The van der Waals surface area contributed by atoms with Crippen LogP contribution in [0, 0.1) is 0 Å². The molecule has 0 amide bonds. The highest BCUT2D eigenvalue weighted by atomic mass is 19.4.